The van der Waals surface area contributed by atoms with Crippen molar-refractivity contribution >= 4 is 23.2 Å². The Balaban J connectivity index is 1.32. The number of hydrogen-bond acceptors (Lipinski definition) is 4. The normalized spacial score (nSPS) is 17.1. The van der Waals surface area contributed by atoms with Crippen LogP contribution in [0.5, 0.6) is 0 Å². The van der Waals surface area contributed by atoms with Crippen molar-refractivity contribution in [2.24, 2.45) is 0 Å². The fourth-order valence-corrected chi connectivity index (χ4v) is 3.13. The number of piperazine rings is 1. The number of carbonyl (C=O) groups is 1. The van der Waals surface area contributed by atoms with E-state index in [1.807, 2.05) is 24.3 Å². The summed E-state index contributed by atoms with van der Waals surface area (Å²) in [5.41, 5.74) is 1.66. The second-order valence-electron chi connectivity index (χ2n) is 6.70. The molecule has 6 nitrogen and oxygen atoms in total. The summed E-state index contributed by atoms with van der Waals surface area (Å²) in [5, 5.41) is 5.62. The number of nitrogens with one attached hydrogen (secondary N) is 2. The van der Waals surface area contributed by atoms with Gasteiger partial charge in [-0.15, -0.1) is 0 Å². The first-order valence-corrected chi connectivity index (χ1v) is 8.97. The van der Waals surface area contributed by atoms with Crippen molar-refractivity contribution in [3.63, 3.8) is 0 Å². The van der Waals surface area contributed by atoms with Crippen molar-refractivity contribution in [2.75, 3.05) is 41.3 Å². The third kappa shape index (κ3) is 3.87. The van der Waals surface area contributed by atoms with Crippen LogP contribution < -0.4 is 20.4 Å². The van der Waals surface area contributed by atoms with Gasteiger partial charge in [0.2, 0.25) is 0 Å². The van der Waals surface area contributed by atoms with E-state index < -0.39 is 0 Å². The first-order valence-electron chi connectivity index (χ1n) is 8.97. The summed E-state index contributed by atoms with van der Waals surface area (Å²) >= 11 is 0. The van der Waals surface area contributed by atoms with Crippen molar-refractivity contribution in [3.05, 3.63) is 48.4 Å². The first kappa shape index (κ1) is 16.6. The fourth-order valence-electron chi connectivity index (χ4n) is 3.13. The number of halogens is 1. The van der Waals surface area contributed by atoms with Gasteiger partial charge >= 0.3 is 6.03 Å². The lowest BCUT2D eigenvalue weighted by atomic mass is 10.2. The number of aromatic nitrogens is 1. The van der Waals surface area contributed by atoms with Gasteiger partial charge in [0.05, 0.1) is 17.6 Å². The van der Waals surface area contributed by atoms with E-state index in [0.29, 0.717) is 17.5 Å². The van der Waals surface area contributed by atoms with Gasteiger partial charge in [-0.25, -0.2) is 14.2 Å². The van der Waals surface area contributed by atoms with Gasteiger partial charge in [-0.05, 0) is 37.1 Å². The highest BCUT2D eigenvalue weighted by atomic mass is 19.1. The zero-order valence-electron chi connectivity index (χ0n) is 14.5. The smallest absolute Gasteiger partial charge is 0.320 e. The lowest BCUT2D eigenvalue weighted by molar-refractivity contribution is 0.251. The Morgan fingerprint density at radius 3 is 2.42 bits per heavy atom. The van der Waals surface area contributed by atoms with Gasteiger partial charge in [0, 0.05) is 32.2 Å². The molecule has 0 atom stereocenters. The summed E-state index contributed by atoms with van der Waals surface area (Å²) < 4.78 is 13.9. The minimum atomic E-state index is -0.203. The van der Waals surface area contributed by atoms with Crippen LogP contribution >= 0.6 is 0 Å². The molecule has 1 aromatic carbocycles. The standard InChI is InChI=1S/C19H22FN5O/c20-16-3-1-2-4-17(16)25-11-9-24(10-12-25)15-7-8-18(21-13-15)23-19(26)22-14-5-6-14/h1-4,7-8,13-14H,5-6,9-12H2,(H2,21,22,23,26). The Hall–Kier alpha value is -2.83. The molecule has 1 aliphatic carbocycles. The Morgan fingerprint density at radius 2 is 1.77 bits per heavy atom. The molecule has 2 amide bonds. The van der Waals surface area contributed by atoms with Crippen LogP contribution in [0.4, 0.5) is 26.4 Å². The largest absolute Gasteiger partial charge is 0.367 e. The molecule has 0 bridgehead atoms. The number of urea groups is 1. The summed E-state index contributed by atoms with van der Waals surface area (Å²) in [6, 6.07) is 10.8. The maximum Gasteiger partial charge on any atom is 0.320 e. The second-order valence-corrected chi connectivity index (χ2v) is 6.70. The van der Waals surface area contributed by atoms with Crippen molar-refractivity contribution in [1.29, 1.82) is 0 Å². The molecule has 4 rings (SSSR count). The van der Waals surface area contributed by atoms with E-state index in [0.717, 1.165) is 44.7 Å². The molecule has 0 spiro atoms. The average Bonchev–Trinajstić information content (AvgIpc) is 3.47. The van der Waals surface area contributed by atoms with Gasteiger partial charge in [-0.3, -0.25) is 5.32 Å². The Morgan fingerprint density at radius 1 is 1.04 bits per heavy atom. The van der Waals surface area contributed by atoms with Crippen molar-refractivity contribution in [3.8, 4) is 0 Å². The molecule has 0 unspecified atom stereocenters. The van der Waals surface area contributed by atoms with Gasteiger partial charge in [0.1, 0.15) is 11.6 Å². The predicted molar refractivity (Wildman–Crippen MR) is 100 cm³/mol. The van der Waals surface area contributed by atoms with Gasteiger partial charge in [-0.1, -0.05) is 12.1 Å². The SMILES string of the molecule is O=C(Nc1ccc(N2CCN(c3ccccc3F)CC2)cn1)NC1CC1. The summed E-state index contributed by atoms with van der Waals surface area (Å²) in [6.07, 6.45) is 3.88. The Kier molecular flexibility index (Phi) is 4.60. The minimum Gasteiger partial charge on any atom is -0.367 e. The molecular weight excluding hydrogens is 333 g/mol. The third-order valence-corrected chi connectivity index (χ3v) is 4.74. The van der Waals surface area contributed by atoms with E-state index in [1.54, 1.807) is 12.3 Å². The average molecular weight is 355 g/mol. The van der Waals surface area contributed by atoms with E-state index in [-0.39, 0.29) is 11.8 Å². The van der Waals surface area contributed by atoms with Crippen molar-refractivity contribution in [2.45, 2.75) is 18.9 Å². The highest BCUT2D eigenvalue weighted by Gasteiger charge is 2.23. The maximum atomic E-state index is 13.9. The molecule has 2 fully saturated rings. The molecule has 7 heteroatoms. The van der Waals surface area contributed by atoms with Crippen LogP contribution in [0.2, 0.25) is 0 Å². The molecule has 1 saturated carbocycles. The van der Waals surface area contributed by atoms with Crippen LogP contribution in [-0.4, -0.2) is 43.2 Å². The molecule has 26 heavy (non-hydrogen) atoms. The molecule has 2 N–H and O–H groups in total. The lowest BCUT2D eigenvalue weighted by Gasteiger charge is -2.37. The second kappa shape index (κ2) is 7.19. The number of hydrogen-bond donors (Lipinski definition) is 2. The summed E-state index contributed by atoms with van der Waals surface area (Å²) in [6.45, 7) is 3.10. The number of carbonyl (C=O) groups excluding carboxylic acids is 1. The van der Waals surface area contributed by atoms with Crippen molar-refractivity contribution < 1.29 is 9.18 Å². The zero-order valence-corrected chi connectivity index (χ0v) is 14.5. The van der Waals surface area contributed by atoms with Crippen LogP contribution in [0.25, 0.3) is 0 Å². The van der Waals surface area contributed by atoms with Gasteiger partial charge in [0.25, 0.3) is 0 Å². The van der Waals surface area contributed by atoms with E-state index in [4.69, 9.17) is 0 Å². The molecule has 0 radical (unpaired) electrons. The zero-order chi connectivity index (χ0) is 17.9. The highest BCUT2D eigenvalue weighted by molar-refractivity contribution is 5.88. The molecular formula is C19H22FN5O. The number of nitrogens with zero attached hydrogens (tertiary/aromatic N) is 3. The van der Waals surface area contributed by atoms with Crippen LogP contribution in [0.3, 0.4) is 0 Å². The van der Waals surface area contributed by atoms with Crippen LogP contribution in [0.1, 0.15) is 12.8 Å². The molecule has 2 aliphatic rings. The third-order valence-electron chi connectivity index (χ3n) is 4.74. The quantitative estimate of drug-likeness (QED) is 0.885. The minimum absolute atomic E-state index is 0.178. The number of anilines is 3. The van der Waals surface area contributed by atoms with E-state index in [2.05, 4.69) is 25.4 Å². The van der Waals surface area contributed by atoms with Gasteiger partial charge < -0.3 is 15.1 Å². The van der Waals surface area contributed by atoms with Crippen molar-refractivity contribution in [1.82, 2.24) is 10.3 Å². The van der Waals surface area contributed by atoms with Gasteiger partial charge in [0.15, 0.2) is 0 Å². The number of pyridine rings is 1. The Labute approximate surface area is 152 Å². The van der Waals surface area contributed by atoms with Crippen LogP contribution in [0, 0.1) is 5.82 Å². The van der Waals surface area contributed by atoms with E-state index >= 15 is 0 Å². The highest BCUT2D eigenvalue weighted by Crippen LogP contribution is 2.23. The Bertz CT molecular complexity index is 770. The van der Waals surface area contributed by atoms with Gasteiger partial charge in [-0.2, -0.15) is 0 Å². The summed E-state index contributed by atoms with van der Waals surface area (Å²) in [4.78, 5) is 20.4. The molecule has 136 valence electrons. The van der Waals surface area contributed by atoms with E-state index in [9.17, 15) is 9.18 Å². The molecule has 1 aromatic heterocycles. The number of amides is 2. The molecule has 1 saturated heterocycles. The predicted octanol–water partition coefficient (Wildman–Crippen LogP) is 2.83. The molecule has 1 aliphatic heterocycles. The van der Waals surface area contributed by atoms with Crippen LogP contribution in [0.15, 0.2) is 42.6 Å². The monoisotopic (exact) mass is 355 g/mol. The number of rotatable bonds is 4. The fraction of sp³-hybridized carbons (Fsp3) is 0.368. The first-order chi connectivity index (χ1) is 12.7. The number of benzene rings is 1. The van der Waals surface area contributed by atoms with E-state index in [1.165, 1.54) is 6.07 Å². The summed E-state index contributed by atoms with van der Waals surface area (Å²) in [5.74, 6) is 0.361. The topological polar surface area (TPSA) is 60.5 Å². The molecule has 2 aromatic rings. The maximum absolute atomic E-state index is 13.9. The summed E-state index contributed by atoms with van der Waals surface area (Å²) in [7, 11) is 0. The van der Waals surface area contributed by atoms with Crippen LogP contribution in [-0.2, 0) is 0 Å². The molecule has 2 heterocycles. The number of para-hydroxylation sites is 1. The lowest BCUT2D eigenvalue weighted by Crippen LogP contribution is -2.46.